The quantitative estimate of drug-likeness (QED) is 0.568. The van der Waals surface area contributed by atoms with E-state index in [1.165, 1.54) is 0 Å². The van der Waals surface area contributed by atoms with Gasteiger partial charge in [0.05, 0.1) is 12.8 Å². The van der Waals surface area contributed by atoms with E-state index in [1.807, 2.05) is 44.2 Å². The minimum atomic E-state index is -0.700. The Hall–Kier alpha value is -3.80. The maximum Gasteiger partial charge on any atom is 0.265 e. The first-order valence-electron chi connectivity index (χ1n) is 9.96. The van der Waals surface area contributed by atoms with Crippen LogP contribution in [0, 0.1) is 13.8 Å². The van der Waals surface area contributed by atoms with Crippen LogP contribution in [0.2, 0.25) is 0 Å². The number of hydrogen-bond donors (Lipinski definition) is 2. The van der Waals surface area contributed by atoms with Crippen LogP contribution in [0.25, 0.3) is 0 Å². The van der Waals surface area contributed by atoms with Gasteiger partial charge in [-0.3, -0.25) is 9.59 Å². The summed E-state index contributed by atoms with van der Waals surface area (Å²) in [7, 11) is 1.55. The van der Waals surface area contributed by atoms with E-state index in [9.17, 15) is 9.59 Å². The van der Waals surface area contributed by atoms with Crippen LogP contribution in [0.15, 0.2) is 66.7 Å². The number of hydrogen-bond acceptors (Lipinski definition) is 4. The highest BCUT2D eigenvalue weighted by Crippen LogP contribution is 2.24. The average molecular weight is 418 g/mol. The zero-order valence-electron chi connectivity index (χ0n) is 18.1. The molecule has 3 aromatic carbocycles. The van der Waals surface area contributed by atoms with E-state index < -0.39 is 6.10 Å². The molecule has 0 heterocycles. The molecule has 0 unspecified atom stereocenters. The Morgan fingerprint density at radius 1 is 0.871 bits per heavy atom. The molecule has 2 N–H and O–H groups in total. The Balaban J connectivity index is 1.60. The van der Waals surface area contributed by atoms with Gasteiger partial charge in [-0.1, -0.05) is 29.8 Å². The number of rotatable bonds is 7. The summed E-state index contributed by atoms with van der Waals surface area (Å²) in [4.78, 5) is 25.0. The summed E-state index contributed by atoms with van der Waals surface area (Å²) in [6, 6.07) is 19.7. The molecular weight excluding hydrogens is 392 g/mol. The molecule has 0 fully saturated rings. The number of methoxy groups -OCH3 is 1. The number of para-hydroxylation sites is 2. The van der Waals surface area contributed by atoms with Crippen molar-refractivity contribution in [3.05, 3.63) is 83.4 Å². The average Bonchev–Trinajstić information content (AvgIpc) is 2.76. The highest BCUT2D eigenvalue weighted by Gasteiger charge is 2.16. The summed E-state index contributed by atoms with van der Waals surface area (Å²) in [6.07, 6.45) is -0.700. The molecule has 1 atom stereocenters. The summed E-state index contributed by atoms with van der Waals surface area (Å²) < 4.78 is 11.0. The molecule has 3 rings (SSSR count). The van der Waals surface area contributed by atoms with Crippen molar-refractivity contribution in [2.45, 2.75) is 26.9 Å². The van der Waals surface area contributed by atoms with Crippen LogP contribution >= 0.6 is 0 Å². The van der Waals surface area contributed by atoms with E-state index in [1.54, 1.807) is 50.4 Å². The Kier molecular flexibility index (Phi) is 6.92. The molecule has 0 saturated heterocycles. The van der Waals surface area contributed by atoms with Gasteiger partial charge in [0.25, 0.3) is 11.8 Å². The SMILES string of the molecule is COc1ccccc1NC(=O)c1ccc(O[C@H](C)C(=O)Nc2ccc(C)cc2C)cc1. The van der Waals surface area contributed by atoms with Crippen molar-refractivity contribution in [2.75, 3.05) is 17.7 Å². The molecule has 2 amide bonds. The van der Waals surface area contributed by atoms with Gasteiger partial charge in [0.2, 0.25) is 0 Å². The van der Waals surface area contributed by atoms with Crippen molar-refractivity contribution < 1.29 is 19.1 Å². The molecule has 3 aromatic rings. The minimum absolute atomic E-state index is 0.245. The third-order valence-corrected chi connectivity index (χ3v) is 4.79. The number of ether oxygens (including phenoxy) is 2. The Morgan fingerprint density at radius 2 is 1.58 bits per heavy atom. The molecule has 0 spiro atoms. The second-order valence-corrected chi connectivity index (χ2v) is 7.25. The molecule has 6 nitrogen and oxygen atoms in total. The first-order valence-corrected chi connectivity index (χ1v) is 9.96. The van der Waals surface area contributed by atoms with Crippen LogP contribution in [0.5, 0.6) is 11.5 Å². The summed E-state index contributed by atoms with van der Waals surface area (Å²) in [5.41, 5.74) is 3.94. The molecule has 0 saturated carbocycles. The predicted molar refractivity (Wildman–Crippen MR) is 122 cm³/mol. The highest BCUT2D eigenvalue weighted by molar-refractivity contribution is 6.05. The molecule has 6 heteroatoms. The maximum absolute atomic E-state index is 12.5. The van der Waals surface area contributed by atoms with Gasteiger partial charge in [-0.15, -0.1) is 0 Å². The first kappa shape index (κ1) is 21.9. The molecule has 0 radical (unpaired) electrons. The van der Waals surface area contributed by atoms with Crippen LogP contribution in [-0.2, 0) is 4.79 Å². The summed E-state index contributed by atoms with van der Waals surface area (Å²) in [5.74, 6) is 0.568. The monoisotopic (exact) mass is 418 g/mol. The smallest absolute Gasteiger partial charge is 0.265 e. The van der Waals surface area contributed by atoms with E-state index in [-0.39, 0.29) is 11.8 Å². The molecule has 0 bridgehead atoms. The van der Waals surface area contributed by atoms with Gasteiger partial charge in [-0.05, 0) is 68.8 Å². The van der Waals surface area contributed by atoms with Gasteiger partial charge in [-0.2, -0.15) is 0 Å². The molecule has 0 aromatic heterocycles. The molecule has 31 heavy (non-hydrogen) atoms. The number of nitrogens with one attached hydrogen (secondary N) is 2. The minimum Gasteiger partial charge on any atom is -0.495 e. The van der Waals surface area contributed by atoms with Crippen molar-refractivity contribution in [2.24, 2.45) is 0 Å². The molecular formula is C25H26N2O4. The normalized spacial score (nSPS) is 11.4. The number of amides is 2. The number of carbonyl (C=O) groups excluding carboxylic acids is 2. The van der Waals surface area contributed by atoms with Gasteiger partial charge in [0.15, 0.2) is 6.10 Å². The summed E-state index contributed by atoms with van der Waals surface area (Å²) >= 11 is 0. The Morgan fingerprint density at radius 3 is 2.26 bits per heavy atom. The largest absolute Gasteiger partial charge is 0.495 e. The van der Waals surface area contributed by atoms with E-state index >= 15 is 0 Å². The van der Waals surface area contributed by atoms with Crippen LogP contribution in [0.3, 0.4) is 0 Å². The third kappa shape index (κ3) is 5.63. The molecule has 0 aliphatic heterocycles. The first-order chi connectivity index (χ1) is 14.9. The van der Waals surface area contributed by atoms with Crippen LogP contribution in [-0.4, -0.2) is 25.0 Å². The van der Waals surface area contributed by atoms with Gasteiger partial charge in [0.1, 0.15) is 11.5 Å². The summed E-state index contributed by atoms with van der Waals surface area (Å²) in [6.45, 7) is 5.63. The summed E-state index contributed by atoms with van der Waals surface area (Å²) in [5, 5.41) is 5.71. The molecule has 0 aliphatic carbocycles. The highest BCUT2D eigenvalue weighted by atomic mass is 16.5. The van der Waals surface area contributed by atoms with E-state index in [0.717, 1.165) is 16.8 Å². The fraction of sp³-hybridized carbons (Fsp3) is 0.200. The molecule has 0 aliphatic rings. The number of carbonyl (C=O) groups is 2. The fourth-order valence-corrected chi connectivity index (χ4v) is 3.07. The zero-order valence-corrected chi connectivity index (χ0v) is 18.1. The lowest BCUT2D eigenvalue weighted by Gasteiger charge is -2.16. The van der Waals surface area contributed by atoms with E-state index in [2.05, 4.69) is 10.6 Å². The Labute approximate surface area is 182 Å². The zero-order chi connectivity index (χ0) is 22.4. The fourth-order valence-electron chi connectivity index (χ4n) is 3.07. The van der Waals surface area contributed by atoms with Gasteiger partial charge < -0.3 is 20.1 Å². The van der Waals surface area contributed by atoms with Gasteiger partial charge in [-0.25, -0.2) is 0 Å². The second-order valence-electron chi connectivity index (χ2n) is 7.25. The van der Waals surface area contributed by atoms with Gasteiger partial charge >= 0.3 is 0 Å². The standard InChI is InChI=1S/C25H26N2O4/c1-16-9-14-21(17(2)15-16)26-24(28)18(3)31-20-12-10-19(11-13-20)25(29)27-22-7-5-6-8-23(22)30-4/h5-15,18H,1-4H3,(H,26,28)(H,27,29)/t18-/m1/s1. The van der Waals surface area contributed by atoms with Crippen molar-refractivity contribution in [1.29, 1.82) is 0 Å². The van der Waals surface area contributed by atoms with E-state index in [0.29, 0.717) is 22.7 Å². The van der Waals surface area contributed by atoms with E-state index in [4.69, 9.17) is 9.47 Å². The van der Waals surface area contributed by atoms with Crippen molar-refractivity contribution in [3.8, 4) is 11.5 Å². The topological polar surface area (TPSA) is 76.7 Å². The van der Waals surface area contributed by atoms with Crippen LogP contribution in [0.4, 0.5) is 11.4 Å². The maximum atomic E-state index is 12.5. The van der Waals surface area contributed by atoms with Crippen LogP contribution in [0.1, 0.15) is 28.4 Å². The third-order valence-electron chi connectivity index (χ3n) is 4.79. The predicted octanol–water partition coefficient (Wildman–Crippen LogP) is 4.97. The number of aryl methyl sites for hydroxylation is 2. The lowest BCUT2D eigenvalue weighted by Crippen LogP contribution is -2.30. The lowest BCUT2D eigenvalue weighted by molar-refractivity contribution is -0.122. The number of anilines is 2. The number of benzene rings is 3. The Bertz CT molecular complexity index is 1080. The lowest BCUT2D eigenvalue weighted by atomic mass is 10.1. The molecule has 160 valence electrons. The van der Waals surface area contributed by atoms with Crippen molar-refractivity contribution >= 4 is 23.2 Å². The van der Waals surface area contributed by atoms with Crippen LogP contribution < -0.4 is 20.1 Å². The van der Waals surface area contributed by atoms with Crippen molar-refractivity contribution in [1.82, 2.24) is 0 Å². The van der Waals surface area contributed by atoms with Gasteiger partial charge in [0, 0.05) is 11.3 Å². The second kappa shape index (κ2) is 9.80. The van der Waals surface area contributed by atoms with Crippen molar-refractivity contribution in [3.63, 3.8) is 0 Å².